The molecule has 2 aromatic rings. The molecule has 2 rings (SSSR count). The SMILES string of the molecule is CCOc1ccc(OCNC(=O)Nc2cc(OC)c(Cl)cc2OC)cc1. The van der Waals surface area contributed by atoms with E-state index in [-0.39, 0.29) is 6.73 Å². The molecular weight excluding hydrogens is 360 g/mol. The van der Waals surface area contributed by atoms with E-state index < -0.39 is 6.03 Å². The third kappa shape index (κ3) is 5.35. The number of rotatable bonds is 8. The second kappa shape index (κ2) is 9.62. The number of hydrogen-bond donors (Lipinski definition) is 2. The highest BCUT2D eigenvalue weighted by Crippen LogP contribution is 2.35. The van der Waals surface area contributed by atoms with Crippen LogP contribution in [-0.4, -0.2) is 33.6 Å². The predicted molar refractivity (Wildman–Crippen MR) is 99.8 cm³/mol. The van der Waals surface area contributed by atoms with Crippen LogP contribution in [0.4, 0.5) is 10.5 Å². The van der Waals surface area contributed by atoms with E-state index in [2.05, 4.69) is 10.6 Å². The highest BCUT2D eigenvalue weighted by Gasteiger charge is 2.12. The highest BCUT2D eigenvalue weighted by molar-refractivity contribution is 6.32. The zero-order valence-electron chi connectivity index (χ0n) is 14.8. The molecule has 0 atom stereocenters. The summed E-state index contributed by atoms with van der Waals surface area (Å²) in [6.07, 6.45) is 0. The fraction of sp³-hybridized carbons (Fsp3) is 0.278. The number of urea groups is 1. The van der Waals surface area contributed by atoms with E-state index in [0.717, 1.165) is 5.75 Å². The molecule has 2 amide bonds. The highest BCUT2D eigenvalue weighted by atomic mass is 35.5. The smallest absolute Gasteiger partial charge is 0.321 e. The summed E-state index contributed by atoms with van der Waals surface area (Å²) in [7, 11) is 2.97. The van der Waals surface area contributed by atoms with Crippen LogP contribution in [-0.2, 0) is 0 Å². The standard InChI is InChI=1S/C18H21ClN2O5/c1-4-25-12-5-7-13(8-6-12)26-11-20-18(22)21-15-10-16(23-2)14(19)9-17(15)24-3/h5-10H,4,11H2,1-3H3,(H2,20,21,22). The van der Waals surface area contributed by atoms with E-state index in [4.69, 9.17) is 30.5 Å². The van der Waals surface area contributed by atoms with Crippen molar-refractivity contribution in [3.63, 3.8) is 0 Å². The third-order valence-electron chi connectivity index (χ3n) is 3.33. The molecule has 0 bridgehead atoms. The largest absolute Gasteiger partial charge is 0.495 e. The maximum absolute atomic E-state index is 12.0. The molecule has 2 N–H and O–H groups in total. The Morgan fingerprint density at radius 2 is 1.62 bits per heavy atom. The van der Waals surface area contributed by atoms with Crippen molar-refractivity contribution in [2.75, 3.05) is 32.9 Å². The Morgan fingerprint density at radius 3 is 2.19 bits per heavy atom. The van der Waals surface area contributed by atoms with E-state index in [0.29, 0.717) is 34.6 Å². The van der Waals surface area contributed by atoms with Crippen LogP contribution in [0.5, 0.6) is 23.0 Å². The number of carbonyl (C=O) groups is 1. The van der Waals surface area contributed by atoms with Crippen molar-refractivity contribution >= 4 is 23.3 Å². The molecule has 0 aromatic heterocycles. The molecule has 0 aliphatic heterocycles. The van der Waals surface area contributed by atoms with Gasteiger partial charge < -0.3 is 29.6 Å². The molecule has 7 nitrogen and oxygen atoms in total. The number of amides is 2. The number of benzene rings is 2. The zero-order valence-corrected chi connectivity index (χ0v) is 15.6. The van der Waals surface area contributed by atoms with Crippen molar-refractivity contribution in [2.45, 2.75) is 6.92 Å². The van der Waals surface area contributed by atoms with E-state index in [1.807, 2.05) is 6.92 Å². The van der Waals surface area contributed by atoms with E-state index in [9.17, 15) is 4.79 Å². The minimum absolute atomic E-state index is 0.00709. The monoisotopic (exact) mass is 380 g/mol. The first kappa shape index (κ1) is 19.5. The fourth-order valence-electron chi connectivity index (χ4n) is 2.11. The average Bonchev–Trinajstić information content (AvgIpc) is 2.64. The van der Waals surface area contributed by atoms with Gasteiger partial charge in [0.1, 0.15) is 23.0 Å². The first-order chi connectivity index (χ1) is 12.6. The summed E-state index contributed by atoms with van der Waals surface area (Å²) in [5, 5.41) is 5.64. The summed E-state index contributed by atoms with van der Waals surface area (Å²) in [4.78, 5) is 12.0. The molecule has 0 spiro atoms. The molecule has 2 aromatic carbocycles. The molecule has 0 unspecified atom stereocenters. The van der Waals surface area contributed by atoms with Gasteiger partial charge in [-0.05, 0) is 31.2 Å². The molecule has 0 saturated carbocycles. The van der Waals surface area contributed by atoms with Crippen molar-refractivity contribution in [3.8, 4) is 23.0 Å². The Bertz CT molecular complexity index is 737. The van der Waals surface area contributed by atoms with Crippen molar-refractivity contribution in [1.29, 1.82) is 0 Å². The summed E-state index contributed by atoms with van der Waals surface area (Å²) in [6, 6.07) is 9.79. The molecule has 8 heteroatoms. The summed E-state index contributed by atoms with van der Waals surface area (Å²) in [5.74, 6) is 2.21. The van der Waals surface area contributed by atoms with Crippen molar-refractivity contribution in [1.82, 2.24) is 5.32 Å². The lowest BCUT2D eigenvalue weighted by Crippen LogP contribution is -2.32. The van der Waals surface area contributed by atoms with Gasteiger partial charge in [0.25, 0.3) is 0 Å². The number of methoxy groups -OCH3 is 2. The van der Waals surface area contributed by atoms with Gasteiger partial charge in [0.15, 0.2) is 6.73 Å². The summed E-state index contributed by atoms with van der Waals surface area (Å²) in [5.41, 5.74) is 0.423. The van der Waals surface area contributed by atoms with Gasteiger partial charge in [-0.15, -0.1) is 0 Å². The van der Waals surface area contributed by atoms with Gasteiger partial charge in [-0.3, -0.25) is 0 Å². The average molecular weight is 381 g/mol. The number of carbonyl (C=O) groups excluding carboxylic acids is 1. The quantitative estimate of drug-likeness (QED) is 0.679. The molecule has 0 radical (unpaired) electrons. The Balaban J connectivity index is 1.88. The number of anilines is 1. The Labute approximate surface area is 157 Å². The van der Waals surface area contributed by atoms with Gasteiger partial charge in [0, 0.05) is 12.1 Å². The van der Waals surface area contributed by atoms with Gasteiger partial charge >= 0.3 is 6.03 Å². The molecule has 0 aliphatic rings. The zero-order chi connectivity index (χ0) is 18.9. The topological polar surface area (TPSA) is 78.1 Å². The van der Waals surface area contributed by atoms with Gasteiger partial charge in [-0.25, -0.2) is 4.79 Å². The molecule has 140 valence electrons. The van der Waals surface area contributed by atoms with Gasteiger partial charge in [0.05, 0.1) is 31.5 Å². The van der Waals surface area contributed by atoms with E-state index in [1.165, 1.54) is 14.2 Å². The number of ether oxygens (including phenoxy) is 4. The third-order valence-corrected chi connectivity index (χ3v) is 3.62. The summed E-state index contributed by atoms with van der Waals surface area (Å²) in [6.45, 7) is 2.51. The van der Waals surface area contributed by atoms with Crippen molar-refractivity contribution in [2.24, 2.45) is 0 Å². The second-order valence-electron chi connectivity index (χ2n) is 5.01. The lowest BCUT2D eigenvalue weighted by Gasteiger charge is -2.14. The van der Waals surface area contributed by atoms with Crippen LogP contribution in [0.25, 0.3) is 0 Å². The Hall–Kier alpha value is -2.80. The summed E-state index contributed by atoms with van der Waals surface area (Å²) >= 11 is 6.04. The minimum atomic E-state index is -0.460. The van der Waals surface area contributed by atoms with Gasteiger partial charge in [-0.1, -0.05) is 11.6 Å². The first-order valence-electron chi connectivity index (χ1n) is 7.89. The Morgan fingerprint density at radius 1 is 1.00 bits per heavy atom. The van der Waals surface area contributed by atoms with Crippen molar-refractivity contribution in [3.05, 3.63) is 41.4 Å². The van der Waals surface area contributed by atoms with Crippen molar-refractivity contribution < 1.29 is 23.7 Å². The molecule has 0 aliphatic carbocycles. The van der Waals surface area contributed by atoms with Gasteiger partial charge in [0.2, 0.25) is 0 Å². The van der Waals surface area contributed by atoms with Crippen LogP contribution in [0.3, 0.4) is 0 Å². The second-order valence-corrected chi connectivity index (χ2v) is 5.42. The minimum Gasteiger partial charge on any atom is -0.495 e. The predicted octanol–water partition coefficient (Wildman–Crippen LogP) is 3.91. The van der Waals surface area contributed by atoms with Crippen LogP contribution in [0.15, 0.2) is 36.4 Å². The maximum Gasteiger partial charge on any atom is 0.321 e. The fourth-order valence-corrected chi connectivity index (χ4v) is 2.34. The number of nitrogens with one attached hydrogen (secondary N) is 2. The lowest BCUT2D eigenvalue weighted by molar-refractivity contribution is 0.234. The van der Waals surface area contributed by atoms with E-state index >= 15 is 0 Å². The maximum atomic E-state index is 12.0. The molecule has 0 heterocycles. The Kier molecular flexibility index (Phi) is 7.23. The van der Waals surface area contributed by atoms with Crippen LogP contribution >= 0.6 is 11.6 Å². The van der Waals surface area contributed by atoms with Gasteiger partial charge in [-0.2, -0.15) is 0 Å². The summed E-state index contributed by atoms with van der Waals surface area (Å²) < 4.78 is 21.2. The first-order valence-corrected chi connectivity index (χ1v) is 8.27. The molecule has 0 saturated heterocycles. The van der Waals surface area contributed by atoms with Crippen LogP contribution in [0, 0.1) is 0 Å². The van der Waals surface area contributed by atoms with Crippen LogP contribution in [0.2, 0.25) is 5.02 Å². The molecule has 0 fully saturated rings. The molecular formula is C18H21ClN2O5. The number of halogens is 1. The van der Waals surface area contributed by atoms with E-state index in [1.54, 1.807) is 36.4 Å². The lowest BCUT2D eigenvalue weighted by atomic mass is 10.2. The number of hydrogen-bond acceptors (Lipinski definition) is 5. The van der Waals surface area contributed by atoms with Crippen LogP contribution in [0.1, 0.15) is 6.92 Å². The van der Waals surface area contributed by atoms with Crippen LogP contribution < -0.4 is 29.6 Å². The normalized spacial score (nSPS) is 10.0. The molecule has 26 heavy (non-hydrogen) atoms.